The van der Waals surface area contributed by atoms with Crippen molar-refractivity contribution in [3.63, 3.8) is 0 Å². The molecule has 128 valence electrons. The van der Waals surface area contributed by atoms with Gasteiger partial charge in [0, 0.05) is 0 Å². The summed E-state index contributed by atoms with van der Waals surface area (Å²) in [5, 5.41) is 20.2. The molecular weight excluding hydrogens is 321 g/mol. The Balaban J connectivity index is 1.80. The van der Waals surface area contributed by atoms with Crippen LogP contribution in [0.25, 0.3) is 11.2 Å². The quantitative estimate of drug-likeness (QED) is 0.649. The summed E-state index contributed by atoms with van der Waals surface area (Å²) in [6.07, 6.45) is -2.02. The summed E-state index contributed by atoms with van der Waals surface area (Å²) in [6, 6.07) is 0. The van der Waals surface area contributed by atoms with E-state index in [0.717, 1.165) is 0 Å². The number of halogens is 1. The van der Waals surface area contributed by atoms with Gasteiger partial charge in [0.25, 0.3) is 0 Å². The molecule has 1 saturated carbocycles. The Bertz CT molecular complexity index is 844. The Labute approximate surface area is 135 Å². The molecule has 9 nitrogen and oxygen atoms in total. The third-order valence-electron chi connectivity index (χ3n) is 4.62. The number of imidazole rings is 1. The van der Waals surface area contributed by atoms with Crippen LogP contribution < -0.4 is 10.5 Å². The number of aromatic nitrogens is 4. The van der Waals surface area contributed by atoms with Gasteiger partial charge >= 0.3 is 0 Å². The molecule has 0 amide bonds. The van der Waals surface area contributed by atoms with Crippen molar-refractivity contribution in [1.29, 1.82) is 0 Å². The molecule has 24 heavy (non-hydrogen) atoms. The molecule has 1 aliphatic heterocycles. The molecule has 0 radical (unpaired) electrons. The van der Waals surface area contributed by atoms with Crippen LogP contribution in [-0.4, -0.2) is 59.8 Å². The first-order valence-corrected chi connectivity index (χ1v) is 7.39. The predicted molar refractivity (Wildman–Crippen MR) is 79.8 cm³/mol. The van der Waals surface area contributed by atoms with Crippen molar-refractivity contribution >= 4 is 17.1 Å². The van der Waals surface area contributed by atoms with E-state index in [0.29, 0.717) is 12.1 Å². The molecule has 4 rings (SSSR count). The predicted octanol–water partition coefficient (Wildman–Crippen LogP) is -0.296. The highest BCUT2D eigenvalue weighted by Crippen LogP contribution is 2.64. The largest absolute Gasteiger partial charge is 0.476 e. The number of ether oxygens (including phenoxy) is 2. The number of anilines is 1. The van der Waals surface area contributed by atoms with Crippen LogP contribution in [0.15, 0.2) is 19.0 Å². The zero-order valence-electron chi connectivity index (χ0n) is 12.8. The lowest BCUT2D eigenvalue weighted by atomic mass is 10.1. The van der Waals surface area contributed by atoms with Gasteiger partial charge in [-0.3, -0.25) is 4.57 Å². The van der Waals surface area contributed by atoms with Gasteiger partial charge < -0.3 is 25.4 Å². The van der Waals surface area contributed by atoms with Gasteiger partial charge in [0.2, 0.25) is 11.8 Å². The van der Waals surface area contributed by atoms with E-state index >= 15 is 0 Å². The fourth-order valence-corrected chi connectivity index (χ4v) is 3.31. The highest BCUT2D eigenvalue weighted by atomic mass is 19.1. The maximum atomic E-state index is 14.8. The van der Waals surface area contributed by atoms with Gasteiger partial charge in [0.15, 0.2) is 34.8 Å². The summed E-state index contributed by atoms with van der Waals surface area (Å²) < 4.78 is 27.0. The molecule has 2 aromatic heterocycles. The van der Waals surface area contributed by atoms with Crippen molar-refractivity contribution in [2.75, 3.05) is 12.3 Å². The van der Waals surface area contributed by atoms with E-state index in [9.17, 15) is 14.6 Å². The lowest BCUT2D eigenvalue weighted by molar-refractivity contribution is -0.0763. The molecule has 10 heteroatoms. The zero-order chi connectivity index (χ0) is 17.3. The number of nitrogens with zero attached hydrogens (tertiary/aromatic N) is 4. The molecule has 2 aromatic rings. The maximum absolute atomic E-state index is 14.8. The van der Waals surface area contributed by atoms with E-state index in [1.54, 1.807) is 6.92 Å². The third kappa shape index (κ3) is 1.55. The second-order valence-electron chi connectivity index (χ2n) is 5.78. The average Bonchev–Trinajstić information content (AvgIpc) is 2.85. The van der Waals surface area contributed by atoms with Gasteiger partial charge in [-0.2, -0.15) is 9.97 Å². The molecule has 0 aromatic carbocycles. The van der Waals surface area contributed by atoms with E-state index in [4.69, 9.17) is 15.2 Å². The minimum atomic E-state index is -2.04. The van der Waals surface area contributed by atoms with Crippen LogP contribution >= 0.6 is 0 Å². The summed E-state index contributed by atoms with van der Waals surface area (Å²) in [5.74, 6) is 0.109. The number of rotatable bonds is 4. The Morgan fingerprint density at radius 2 is 2.33 bits per heavy atom. The number of aliphatic hydroxyl groups excluding tert-OH is 1. The topological polar surface area (TPSA) is 129 Å². The fraction of sp³-hybridized carbons (Fsp3) is 0.500. The van der Waals surface area contributed by atoms with Crippen molar-refractivity contribution in [3.05, 3.63) is 19.0 Å². The van der Waals surface area contributed by atoms with Crippen LogP contribution in [0.2, 0.25) is 0 Å². The lowest BCUT2D eigenvalue weighted by Crippen LogP contribution is -2.33. The summed E-state index contributed by atoms with van der Waals surface area (Å²) in [4.78, 5) is 12.1. The standard InChI is InChI=1S/C14H16FN5O4/c1-3-13-11(21)14(13,22)7(15)10(24-13)20-5-17-6-8(20)18-12(16)19-9(6)23-4-2/h3,5,7,10-11,21-22H,1,4H2,2H3,(H2,16,18,19)/t7-,10+,11?,13+,14-/m0/s1. The number of hydrogen-bond acceptors (Lipinski definition) is 8. The first-order valence-electron chi connectivity index (χ1n) is 7.39. The number of aliphatic hydroxyl groups is 2. The van der Waals surface area contributed by atoms with Crippen molar-refractivity contribution < 1.29 is 24.1 Å². The van der Waals surface area contributed by atoms with Crippen molar-refractivity contribution in [1.82, 2.24) is 19.5 Å². The molecule has 1 aliphatic carbocycles. The molecule has 0 spiro atoms. The Hall–Kier alpha value is -2.30. The molecular formula is C14H16FN5O4. The van der Waals surface area contributed by atoms with Crippen LogP contribution in [0.5, 0.6) is 5.88 Å². The molecule has 2 fully saturated rings. The van der Waals surface area contributed by atoms with Gasteiger partial charge in [-0.15, -0.1) is 6.58 Å². The van der Waals surface area contributed by atoms with Crippen molar-refractivity contribution in [2.45, 2.75) is 36.6 Å². The minimum absolute atomic E-state index is 0.0663. The molecule has 4 N–H and O–H groups in total. The van der Waals surface area contributed by atoms with E-state index in [-0.39, 0.29) is 17.5 Å². The van der Waals surface area contributed by atoms with Crippen molar-refractivity contribution in [3.8, 4) is 5.88 Å². The third-order valence-corrected chi connectivity index (χ3v) is 4.62. The second-order valence-corrected chi connectivity index (χ2v) is 5.78. The normalized spacial score (nSPS) is 37.4. The molecule has 5 atom stereocenters. The molecule has 3 heterocycles. The highest BCUT2D eigenvalue weighted by molar-refractivity contribution is 5.77. The Morgan fingerprint density at radius 1 is 1.58 bits per heavy atom. The highest BCUT2D eigenvalue weighted by Gasteiger charge is 2.87. The smallest absolute Gasteiger partial charge is 0.247 e. The van der Waals surface area contributed by atoms with Gasteiger partial charge in [-0.1, -0.05) is 6.08 Å². The number of nitrogen functional groups attached to an aromatic ring is 1. The molecule has 1 saturated heterocycles. The summed E-state index contributed by atoms with van der Waals surface area (Å²) >= 11 is 0. The maximum Gasteiger partial charge on any atom is 0.247 e. The summed E-state index contributed by atoms with van der Waals surface area (Å²) in [6.45, 7) is 5.63. The number of fused-ring (bicyclic) bond motifs is 2. The second kappa shape index (κ2) is 4.62. The number of nitrogens with two attached hydrogens (primary N) is 1. The van der Waals surface area contributed by atoms with Crippen molar-refractivity contribution in [2.24, 2.45) is 0 Å². The van der Waals surface area contributed by atoms with E-state index < -0.39 is 29.7 Å². The average molecular weight is 337 g/mol. The van der Waals surface area contributed by atoms with E-state index in [1.807, 2.05) is 0 Å². The summed E-state index contributed by atoms with van der Waals surface area (Å²) in [5.41, 5.74) is 2.58. The minimum Gasteiger partial charge on any atom is -0.476 e. The van der Waals surface area contributed by atoms with E-state index in [1.165, 1.54) is 17.0 Å². The van der Waals surface area contributed by atoms with Gasteiger partial charge in [0.05, 0.1) is 12.9 Å². The molecule has 1 unspecified atom stereocenters. The van der Waals surface area contributed by atoms with Crippen LogP contribution in [0, 0.1) is 0 Å². The number of alkyl halides is 1. The molecule has 2 aliphatic rings. The Morgan fingerprint density at radius 3 is 2.96 bits per heavy atom. The monoisotopic (exact) mass is 337 g/mol. The van der Waals surface area contributed by atoms with E-state index in [2.05, 4.69) is 21.5 Å². The SMILES string of the molecule is C=C[C@]12O[C@@H](n3cnc4c(OCC)nc(N)nc43)[C@H](F)[C@]1(O)C2O. The van der Waals surface area contributed by atoms with Gasteiger partial charge in [-0.25, -0.2) is 9.37 Å². The fourth-order valence-electron chi connectivity index (χ4n) is 3.31. The van der Waals surface area contributed by atoms with Gasteiger partial charge in [0.1, 0.15) is 6.10 Å². The molecule has 0 bridgehead atoms. The van der Waals surface area contributed by atoms with Gasteiger partial charge in [-0.05, 0) is 6.92 Å². The van der Waals surface area contributed by atoms with Crippen LogP contribution in [-0.2, 0) is 4.74 Å². The first kappa shape index (κ1) is 15.2. The van der Waals surface area contributed by atoms with Crippen LogP contribution in [0.1, 0.15) is 13.2 Å². The first-order chi connectivity index (χ1) is 11.4. The summed E-state index contributed by atoms with van der Waals surface area (Å²) in [7, 11) is 0. The Kier molecular flexibility index (Phi) is 2.93. The lowest BCUT2D eigenvalue weighted by Gasteiger charge is -2.21. The zero-order valence-corrected chi connectivity index (χ0v) is 12.8. The van der Waals surface area contributed by atoms with Crippen LogP contribution in [0.3, 0.4) is 0 Å². The number of hydrogen-bond donors (Lipinski definition) is 3. The van der Waals surface area contributed by atoms with Crippen LogP contribution in [0.4, 0.5) is 10.3 Å².